The first-order valence-electron chi connectivity index (χ1n) is 16.6. The Labute approximate surface area is 274 Å². The van der Waals surface area contributed by atoms with Gasteiger partial charge in [-0.2, -0.15) is 5.26 Å². The first-order valence-corrected chi connectivity index (χ1v) is 16.6. The minimum Gasteiger partial charge on any atom is -0.435 e. The number of oxazole rings is 1. The van der Waals surface area contributed by atoms with Crippen LogP contribution in [0.15, 0.2) is 89.6 Å². The predicted molar refractivity (Wildman–Crippen MR) is 186 cm³/mol. The van der Waals surface area contributed by atoms with Crippen molar-refractivity contribution >= 4 is 33.5 Å². The average molecular weight is 620 g/mol. The maximum Gasteiger partial charge on any atom is 0.227 e. The highest BCUT2D eigenvalue weighted by Crippen LogP contribution is 2.33. The van der Waals surface area contributed by atoms with Gasteiger partial charge in [0.25, 0.3) is 0 Å². The molecule has 5 heterocycles. The Kier molecular flexibility index (Phi) is 7.86. The second-order valence-corrected chi connectivity index (χ2v) is 13.1. The standard InChI is InChI=1S/C39H37N7O/c1-26-11-15-46(23-26)25-28-17-31-10-12-41-38(36(31)42-22-28)43-34-9-5-7-30(20-34)29-6-4-8-32(19-29)39-44-35-18-27(24-45-13-2-3-14-45)16-33(21-40)37(35)47-39/h4-10,12,16-20,22,26H,2-3,11,13-15,23-25H2,1H3,(H,41,43)/t26-/m1/s1. The predicted octanol–water partition coefficient (Wildman–Crippen LogP) is 8.16. The minimum atomic E-state index is 0.510. The molecule has 1 atom stereocenters. The Morgan fingerprint density at radius 2 is 1.68 bits per heavy atom. The van der Waals surface area contributed by atoms with E-state index in [0.29, 0.717) is 17.0 Å². The van der Waals surface area contributed by atoms with Gasteiger partial charge in [-0.15, -0.1) is 0 Å². The highest BCUT2D eigenvalue weighted by atomic mass is 16.3. The first kappa shape index (κ1) is 29.3. The van der Waals surface area contributed by atoms with Gasteiger partial charge in [0.2, 0.25) is 5.89 Å². The van der Waals surface area contributed by atoms with Crippen molar-refractivity contribution in [2.24, 2.45) is 5.92 Å². The summed E-state index contributed by atoms with van der Waals surface area (Å²) in [7, 11) is 0. The van der Waals surface area contributed by atoms with E-state index in [0.717, 1.165) is 95.4 Å². The summed E-state index contributed by atoms with van der Waals surface area (Å²) < 4.78 is 6.21. The van der Waals surface area contributed by atoms with Gasteiger partial charge in [-0.25, -0.2) is 9.97 Å². The number of benzene rings is 3. The van der Waals surface area contributed by atoms with Crippen LogP contribution in [0, 0.1) is 17.2 Å². The van der Waals surface area contributed by atoms with Gasteiger partial charge in [-0.1, -0.05) is 31.2 Å². The number of rotatable bonds is 8. The van der Waals surface area contributed by atoms with Crippen molar-refractivity contribution in [1.29, 1.82) is 5.26 Å². The topological polar surface area (TPSA) is 94.1 Å². The molecule has 0 amide bonds. The van der Waals surface area contributed by atoms with Crippen LogP contribution in [0.1, 0.15) is 42.9 Å². The molecule has 8 rings (SSSR count). The van der Waals surface area contributed by atoms with Crippen molar-refractivity contribution in [2.45, 2.75) is 39.3 Å². The summed E-state index contributed by atoms with van der Waals surface area (Å²) in [5.74, 6) is 2.01. The molecule has 0 radical (unpaired) electrons. The number of hydrogen-bond donors (Lipinski definition) is 1. The zero-order chi connectivity index (χ0) is 31.7. The van der Waals surface area contributed by atoms with Gasteiger partial charge in [-0.3, -0.25) is 14.8 Å². The largest absolute Gasteiger partial charge is 0.435 e. The van der Waals surface area contributed by atoms with Gasteiger partial charge in [-0.05, 0) is 116 Å². The second-order valence-electron chi connectivity index (χ2n) is 13.1. The van der Waals surface area contributed by atoms with Crippen molar-refractivity contribution in [2.75, 3.05) is 31.5 Å². The van der Waals surface area contributed by atoms with E-state index < -0.39 is 0 Å². The van der Waals surface area contributed by atoms with E-state index in [4.69, 9.17) is 14.4 Å². The van der Waals surface area contributed by atoms with Gasteiger partial charge in [0, 0.05) is 48.7 Å². The molecule has 8 heteroatoms. The number of fused-ring (bicyclic) bond motifs is 2. The Balaban J connectivity index is 1.04. The molecule has 6 aromatic rings. The summed E-state index contributed by atoms with van der Waals surface area (Å²) in [5, 5.41) is 14.5. The molecule has 3 aromatic carbocycles. The lowest BCUT2D eigenvalue weighted by molar-refractivity contribution is 0.320. The lowest BCUT2D eigenvalue weighted by atomic mass is 10.0. The molecule has 0 saturated carbocycles. The van der Waals surface area contributed by atoms with Crippen LogP contribution in [0.4, 0.5) is 11.5 Å². The van der Waals surface area contributed by atoms with Gasteiger partial charge in [0.15, 0.2) is 11.4 Å². The Morgan fingerprint density at radius 1 is 0.872 bits per heavy atom. The number of nitrogens with one attached hydrogen (secondary N) is 1. The van der Waals surface area contributed by atoms with E-state index in [9.17, 15) is 5.26 Å². The molecule has 0 unspecified atom stereocenters. The smallest absolute Gasteiger partial charge is 0.227 e. The monoisotopic (exact) mass is 619 g/mol. The van der Waals surface area contributed by atoms with Crippen LogP contribution in [-0.4, -0.2) is 50.9 Å². The molecule has 1 N–H and O–H groups in total. The van der Waals surface area contributed by atoms with Gasteiger partial charge in [0.1, 0.15) is 17.1 Å². The van der Waals surface area contributed by atoms with Crippen molar-refractivity contribution in [3.8, 4) is 28.7 Å². The number of likely N-dealkylation sites (tertiary alicyclic amines) is 2. The molecule has 8 nitrogen and oxygen atoms in total. The fourth-order valence-corrected chi connectivity index (χ4v) is 7.04. The molecule has 234 valence electrons. The summed E-state index contributed by atoms with van der Waals surface area (Å²) in [6.45, 7) is 8.58. The Bertz CT molecular complexity index is 2120. The van der Waals surface area contributed by atoms with Crippen LogP contribution in [0.2, 0.25) is 0 Å². The lowest BCUT2D eigenvalue weighted by Crippen LogP contribution is -2.19. The highest BCUT2D eigenvalue weighted by Gasteiger charge is 2.20. The normalized spacial score (nSPS) is 17.1. The minimum absolute atomic E-state index is 0.510. The Hall–Kier alpha value is -5.10. The van der Waals surface area contributed by atoms with Crippen molar-refractivity contribution in [1.82, 2.24) is 24.8 Å². The van der Waals surface area contributed by atoms with Crippen LogP contribution in [0.25, 0.3) is 44.6 Å². The molecular formula is C39H37N7O. The second kappa shape index (κ2) is 12.6. The summed E-state index contributed by atoms with van der Waals surface area (Å²) in [6, 6.07) is 27.1. The van der Waals surface area contributed by atoms with Crippen LogP contribution in [0.5, 0.6) is 0 Å². The number of nitrogens with zero attached hydrogens (tertiary/aromatic N) is 6. The van der Waals surface area contributed by atoms with Crippen molar-refractivity contribution in [3.63, 3.8) is 0 Å². The van der Waals surface area contributed by atoms with Gasteiger partial charge in [0.05, 0.1) is 5.56 Å². The molecule has 2 aliphatic rings. The molecule has 2 fully saturated rings. The van der Waals surface area contributed by atoms with Gasteiger partial charge < -0.3 is 9.73 Å². The summed E-state index contributed by atoms with van der Waals surface area (Å²) in [5.41, 5.74) is 8.85. The molecule has 0 aliphatic carbocycles. The maximum atomic E-state index is 9.89. The van der Waals surface area contributed by atoms with Crippen LogP contribution < -0.4 is 5.32 Å². The molecule has 47 heavy (non-hydrogen) atoms. The fourth-order valence-electron chi connectivity index (χ4n) is 7.04. The third kappa shape index (κ3) is 6.20. The van der Waals surface area contributed by atoms with Gasteiger partial charge >= 0.3 is 0 Å². The lowest BCUT2D eigenvalue weighted by Gasteiger charge is -2.16. The summed E-state index contributed by atoms with van der Waals surface area (Å²) >= 11 is 0. The first-order chi connectivity index (χ1) is 23.1. The maximum absolute atomic E-state index is 9.89. The summed E-state index contributed by atoms with van der Waals surface area (Å²) in [4.78, 5) is 19.2. The third-order valence-electron chi connectivity index (χ3n) is 9.41. The van der Waals surface area contributed by atoms with Crippen LogP contribution >= 0.6 is 0 Å². The number of hydrogen-bond acceptors (Lipinski definition) is 8. The SMILES string of the molecule is C[C@@H]1CCN(Cc2cnc3c(Nc4cccc(-c5cccc(-c6nc7cc(CN8CCCC8)cc(C#N)c7o6)c5)c4)nccc3c2)C1. The number of pyridine rings is 2. The molecule has 3 aromatic heterocycles. The molecule has 0 bridgehead atoms. The fraction of sp³-hybridized carbons (Fsp3) is 0.282. The highest BCUT2D eigenvalue weighted by molar-refractivity contribution is 5.90. The van der Waals surface area contributed by atoms with E-state index >= 15 is 0 Å². The molecule has 0 spiro atoms. The molecule has 2 saturated heterocycles. The zero-order valence-corrected chi connectivity index (χ0v) is 26.6. The average Bonchev–Trinajstić information content (AvgIpc) is 3.86. The van der Waals surface area contributed by atoms with Crippen molar-refractivity contribution < 1.29 is 4.42 Å². The molecular weight excluding hydrogens is 582 g/mol. The van der Waals surface area contributed by atoms with E-state index in [-0.39, 0.29) is 0 Å². The quantitative estimate of drug-likeness (QED) is 0.182. The van der Waals surface area contributed by atoms with Crippen molar-refractivity contribution in [3.05, 3.63) is 102 Å². The zero-order valence-electron chi connectivity index (χ0n) is 26.6. The number of aromatic nitrogens is 3. The van der Waals surface area contributed by atoms with E-state index in [2.05, 4.69) is 69.5 Å². The molecule has 2 aliphatic heterocycles. The summed E-state index contributed by atoms with van der Waals surface area (Å²) in [6.07, 6.45) is 7.55. The van der Waals surface area contributed by atoms with E-state index in [1.54, 1.807) is 0 Å². The van der Waals surface area contributed by atoms with Crippen LogP contribution in [-0.2, 0) is 13.1 Å². The number of nitriles is 1. The third-order valence-corrected chi connectivity index (χ3v) is 9.41. The van der Waals surface area contributed by atoms with E-state index in [1.807, 2.05) is 48.8 Å². The Morgan fingerprint density at radius 3 is 2.51 bits per heavy atom. The van der Waals surface area contributed by atoms with E-state index in [1.165, 1.54) is 24.8 Å². The number of anilines is 2. The van der Waals surface area contributed by atoms with Crippen LogP contribution in [0.3, 0.4) is 0 Å².